The quantitative estimate of drug-likeness (QED) is 0.397. The Labute approximate surface area is 193 Å². The summed E-state index contributed by atoms with van der Waals surface area (Å²) in [5.41, 5.74) is 4.19. The summed E-state index contributed by atoms with van der Waals surface area (Å²) in [5.74, 6) is 0.381. The summed E-state index contributed by atoms with van der Waals surface area (Å²) < 4.78 is 1.69. The molecule has 0 aliphatic carbocycles. The van der Waals surface area contributed by atoms with Crippen molar-refractivity contribution in [1.82, 2.24) is 39.9 Å². The summed E-state index contributed by atoms with van der Waals surface area (Å²) in [4.78, 5) is 17.6. The molecule has 33 heavy (non-hydrogen) atoms. The standard InChI is InChI=1S/C22H17ClN10/c1-33-7-4-17(32-33)21-20(13-8-14-11-28-31-19(14)16(23)9-13)29-18(10-24)22(30-21)26-6-3-15-2-5-25-12-27-15/h2,4-5,7-9,11-12H,3,6H2,1H3,(H,26,30)(H,28,31). The average Bonchev–Trinajstić information content (AvgIpc) is 3.48. The highest BCUT2D eigenvalue weighted by molar-refractivity contribution is 6.35. The molecule has 0 fully saturated rings. The second-order valence-electron chi connectivity index (χ2n) is 7.27. The van der Waals surface area contributed by atoms with Crippen LogP contribution >= 0.6 is 11.6 Å². The van der Waals surface area contributed by atoms with E-state index in [1.165, 1.54) is 6.33 Å². The Bertz CT molecular complexity index is 1480. The maximum atomic E-state index is 9.79. The Morgan fingerprint density at radius 2 is 2.12 bits per heavy atom. The number of rotatable bonds is 6. The van der Waals surface area contributed by atoms with Crippen LogP contribution in [-0.2, 0) is 13.5 Å². The third-order valence-electron chi connectivity index (χ3n) is 5.05. The van der Waals surface area contributed by atoms with Gasteiger partial charge < -0.3 is 5.32 Å². The van der Waals surface area contributed by atoms with Crippen LogP contribution in [0.25, 0.3) is 33.5 Å². The van der Waals surface area contributed by atoms with E-state index in [0.717, 1.165) is 16.6 Å². The first-order chi connectivity index (χ1) is 16.1. The lowest BCUT2D eigenvalue weighted by Gasteiger charge is -2.13. The van der Waals surface area contributed by atoms with Gasteiger partial charge in [-0.25, -0.2) is 19.9 Å². The van der Waals surface area contributed by atoms with Crippen molar-refractivity contribution in [3.8, 4) is 28.7 Å². The molecule has 0 bridgehead atoms. The third-order valence-corrected chi connectivity index (χ3v) is 5.35. The van der Waals surface area contributed by atoms with Gasteiger partial charge >= 0.3 is 0 Å². The molecule has 0 saturated carbocycles. The van der Waals surface area contributed by atoms with E-state index in [1.54, 1.807) is 23.1 Å². The number of H-pyrrole nitrogens is 1. The van der Waals surface area contributed by atoms with Gasteiger partial charge in [-0.15, -0.1) is 0 Å². The van der Waals surface area contributed by atoms with Crippen molar-refractivity contribution in [2.75, 3.05) is 11.9 Å². The number of anilines is 1. The van der Waals surface area contributed by atoms with Crippen LogP contribution in [-0.4, -0.2) is 46.5 Å². The number of nitrogens with zero attached hydrogens (tertiary/aromatic N) is 8. The van der Waals surface area contributed by atoms with Gasteiger partial charge in [0.1, 0.15) is 29.5 Å². The number of aromatic amines is 1. The maximum Gasteiger partial charge on any atom is 0.183 e. The van der Waals surface area contributed by atoms with E-state index in [1.807, 2.05) is 31.4 Å². The number of hydrogen-bond acceptors (Lipinski definition) is 8. The van der Waals surface area contributed by atoms with Gasteiger partial charge in [0, 0.05) is 49.1 Å². The van der Waals surface area contributed by atoms with Crippen LogP contribution in [0.3, 0.4) is 0 Å². The van der Waals surface area contributed by atoms with Crippen LogP contribution in [0.1, 0.15) is 11.4 Å². The van der Waals surface area contributed by atoms with Crippen molar-refractivity contribution in [3.63, 3.8) is 0 Å². The molecule has 10 nitrogen and oxygen atoms in total. The Morgan fingerprint density at radius 1 is 1.21 bits per heavy atom. The molecule has 0 amide bonds. The first kappa shape index (κ1) is 20.5. The van der Waals surface area contributed by atoms with Crippen molar-refractivity contribution in [2.45, 2.75) is 6.42 Å². The van der Waals surface area contributed by atoms with Gasteiger partial charge in [0.05, 0.1) is 16.7 Å². The molecule has 5 rings (SSSR count). The molecule has 0 radical (unpaired) electrons. The predicted molar refractivity (Wildman–Crippen MR) is 123 cm³/mol. The van der Waals surface area contributed by atoms with E-state index in [0.29, 0.717) is 46.5 Å². The number of hydrogen-bond donors (Lipinski definition) is 2. The molecule has 162 valence electrons. The number of nitrogens with one attached hydrogen (secondary N) is 2. The summed E-state index contributed by atoms with van der Waals surface area (Å²) in [7, 11) is 1.83. The SMILES string of the molecule is Cn1ccc(-c2nc(NCCc3ccncn3)c(C#N)nc2-c2cc(Cl)c3[nH]ncc3c2)n1. The van der Waals surface area contributed by atoms with Crippen LogP contribution < -0.4 is 5.32 Å². The fourth-order valence-electron chi connectivity index (χ4n) is 3.48. The molecule has 0 atom stereocenters. The molecule has 0 aliphatic heterocycles. The largest absolute Gasteiger partial charge is 0.367 e. The number of aryl methyl sites for hydroxylation is 1. The van der Waals surface area contributed by atoms with Crippen LogP contribution in [0.4, 0.5) is 5.82 Å². The number of fused-ring (bicyclic) bond motifs is 1. The fourth-order valence-corrected chi connectivity index (χ4v) is 3.75. The van der Waals surface area contributed by atoms with Crippen molar-refractivity contribution in [2.24, 2.45) is 7.05 Å². The molecule has 11 heteroatoms. The normalized spacial score (nSPS) is 10.9. The lowest BCUT2D eigenvalue weighted by Crippen LogP contribution is -2.11. The minimum absolute atomic E-state index is 0.177. The lowest BCUT2D eigenvalue weighted by atomic mass is 10.1. The van der Waals surface area contributed by atoms with E-state index in [2.05, 4.69) is 41.6 Å². The molecule has 4 heterocycles. The van der Waals surface area contributed by atoms with Crippen LogP contribution in [0.15, 0.2) is 49.2 Å². The van der Waals surface area contributed by atoms with Crippen molar-refractivity contribution in [1.29, 1.82) is 5.26 Å². The lowest BCUT2D eigenvalue weighted by molar-refractivity contribution is 0.770. The first-order valence-corrected chi connectivity index (χ1v) is 10.4. The van der Waals surface area contributed by atoms with E-state index in [9.17, 15) is 5.26 Å². The van der Waals surface area contributed by atoms with Crippen molar-refractivity contribution in [3.05, 3.63) is 65.6 Å². The average molecular weight is 457 g/mol. The van der Waals surface area contributed by atoms with Crippen LogP contribution in [0, 0.1) is 11.3 Å². The Morgan fingerprint density at radius 3 is 2.88 bits per heavy atom. The molecular weight excluding hydrogens is 440 g/mol. The highest BCUT2D eigenvalue weighted by atomic mass is 35.5. The van der Waals surface area contributed by atoms with Gasteiger partial charge in [0.15, 0.2) is 11.5 Å². The van der Waals surface area contributed by atoms with Gasteiger partial charge in [0.25, 0.3) is 0 Å². The minimum atomic E-state index is 0.177. The number of aromatic nitrogens is 8. The molecule has 4 aromatic heterocycles. The predicted octanol–water partition coefficient (Wildman–Crippen LogP) is 3.39. The van der Waals surface area contributed by atoms with E-state index in [-0.39, 0.29) is 5.69 Å². The maximum absolute atomic E-state index is 9.79. The molecular formula is C22H17ClN10. The fraction of sp³-hybridized carbons (Fsp3) is 0.136. The van der Waals surface area contributed by atoms with Crippen LogP contribution in [0.5, 0.6) is 0 Å². The summed E-state index contributed by atoms with van der Waals surface area (Å²) >= 11 is 6.46. The summed E-state index contributed by atoms with van der Waals surface area (Å²) in [6, 6.07) is 9.53. The Hall–Kier alpha value is -4.36. The molecule has 5 aromatic rings. The second kappa shape index (κ2) is 8.64. The monoisotopic (exact) mass is 456 g/mol. The van der Waals surface area contributed by atoms with Crippen LogP contribution in [0.2, 0.25) is 5.02 Å². The summed E-state index contributed by atoms with van der Waals surface area (Å²) in [6.45, 7) is 0.522. The summed E-state index contributed by atoms with van der Waals surface area (Å²) in [5, 5.41) is 25.8. The zero-order valence-electron chi connectivity index (χ0n) is 17.5. The molecule has 0 unspecified atom stereocenters. The van der Waals surface area contributed by atoms with Gasteiger partial charge in [-0.05, 0) is 24.3 Å². The number of nitriles is 1. The van der Waals surface area contributed by atoms with Gasteiger partial charge in [-0.1, -0.05) is 11.6 Å². The van der Waals surface area contributed by atoms with E-state index >= 15 is 0 Å². The Balaban J connectivity index is 1.58. The molecule has 0 saturated heterocycles. The van der Waals surface area contributed by atoms with Gasteiger partial charge in [0.2, 0.25) is 0 Å². The third kappa shape index (κ3) is 4.09. The van der Waals surface area contributed by atoms with E-state index < -0.39 is 0 Å². The van der Waals surface area contributed by atoms with Gasteiger partial charge in [-0.3, -0.25) is 9.78 Å². The van der Waals surface area contributed by atoms with Gasteiger partial charge in [-0.2, -0.15) is 15.5 Å². The summed E-state index contributed by atoms with van der Waals surface area (Å²) in [6.07, 6.45) is 7.35. The smallest absolute Gasteiger partial charge is 0.183 e. The number of halogens is 1. The highest BCUT2D eigenvalue weighted by Gasteiger charge is 2.20. The Kier molecular flexibility index (Phi) is 5.38. The zero-order valence-corrected chi connectivity index (χ0v) is 18.2. The van der Waals surface area contributed by atoms with Crippen molar-refractivity contribution >= 4 is 28.3 Å². The molecule has 0 spiro atoms. The minimum Gasteiger partial charge on any atom is -0.367 e. The first-order valence-electron chi connectivity index (χ1n) is 10.1. The van der Waals surface area contributed by atoms with Crippen molar-refractivity contribution < 1.29 is 0 Å². The topological polar surface area (TPSA) is 134 Å². The molecule has 0 aliphatic rings. The number of benzene rings is 1. The zero-order chi connectivity index (χ0) is 22.8. The highest BCUT2D eigenvalue weighted by Crippen LogP contribution is 2.34. The molecule has 1 aromatic carbocycles. The molecule has 2 N–H and O–H groups in total. The second-order valence-corrected chi connectivity index (χ2v) is 7.68. The van der Waals surface area contributed by atoms with E-state index in [4.69, 9.17) is 16.6 Å².